The van der Waals surface area contributed by atoms with Crippen LogP contribution in [0.25, 0.3) is 16.7 Å². The zero-order valence-electron chi connectivity index (χ0n) is 14.1. The highest BCUT2D eigenvalue weighted by atomic mass is 16.5. The molecule has 2 aromatic carbocycles. The van der Waals surface area contributed by atoms with Crippen molar-refractivity contribution in [3.05, 3.63) is 64.9 Å². The van der Waals surface area contributed by atoms with Gasteiger partial charge in [-0.15, -0.1) is 0 Å². The number of benzene rings is 2. The van der Waals surface area contributed by atoms with E-state index in [2.05, 4.69) is 17.8 Å². The highest BCUT2D eigenvalue weighted by molar-refractivity contribution is 6.10. The van der Waals surface area contributed by atoms with Gasteiger partial charge in [0, 0.05) is 11.1 Å². The van der Waals surface area contributed by atoms with Crippen LogP contribution in [-0.2, 0) is 4.74 Å². The lowest BCUT2D eigenvalue weighted by Crippen LogP contribution is -2.08. The molecule has 0 fully saturated rings. The minimum absolute atomic E-state index is 0.253. The summed E-state index contributed by atoms with van der Waals surface area (Å²) in [4.78, 5) is 16.4. The van der Waals surface area contributed by atoms with Crippen molar-refractivity contribution >= 4 is 18.3 Å². The molecule has 0 radical (unpaired) electrons. The number of nitrogens with zero attached hydrogens (tertiary/aromatic N) is 2. The second kappa shape index (κ2) is 7.14. The topological polar surface area (TPSA) is 62.5 Å². The molecule has 0 heterocycles. The molecule has 1 aliphatic rings. The van der Waals surface area contributed by atoms with Gasteiger partial charge in [0.05, 0.1) is 12.2 Å². The molecule has 0 bridgehead atoms. The van der Waals surface area contributed by atoms with Crippen molar-refractivity contribution in [2.75, 3.05) is 6.61 Å². The van der Waals surface area contributed by atoms with Gasteiger partial charge in [-0.1, -0.05) is 49.7 Å². The van der Waals surface area contributed by atoms with Crippen LogP contribution in [0.1, 0.15) is 41.3 Å². The third-order valence-corrected chi connectivity index (χ3v) is 4.25. The molecule has 0 aliphatic heterocycles. The van der Waals surface area contributed by atoms with Gasteiger partial charge in [0.25, 0.3) is 0 Å². The first-order valence-electron chi connectivity index (χ1n) is 8.24. The molecule has 124 valence electrons. The Labute approximate surface area is 147 Å². The average Bonchev–Trinajstić information content (AvgIpc) is 2.98. The Bertz CT molecular complexity index is 920. The highest BCUT2D eigenvalue weighted by Gasteiger charge is 2.30. The molecule has 1 aliphatic carbocycles. The van der Waals surface area contributed by atoms with Crippen molar-refractivity contribution in [2.24, 2.45) is 4.99 Å². The molecule has 3 rings (SSSR count). The summed E-state index contributed by atoms with van der Waals surface area (Å²) in [5, 5.41) is 9.43. The Hall–Kier alpha value is -3.19. The fourth-order valence-electron chi connectivity index (χ4n) is 3.10. The number of carbonyl (C=O) groups is 1. The molecule has 4 heteroatoms. The van der Waals surface area contributed by atoms with E-state index in [4.69, 9.17) is 4.74 Å². The molecule has 0 saturated carbocycles. The molecule has 0 atom stereocenters. The SMILES string of the molecule is C=NC(C#N)=C1c2ccccc2-c2c(C(=O)OCCCC)cccc21. The maximum absolute atomic E-state index is 12.6. The van der Waals surface area contributed by atoms with E-state index in [1.54, 1.807) is 12.1 Å². The molecule has 0 saturated heterocycles. The standard InChI is InChI=1S/C21H18N2O2/c1-3-4-12-25-21(24)17-11-7-10-16-19(17)14-8-5-6-9-15(14)20(16)18(13-22)23-2/h5-11H,2-4,12H2,1H3. The number of fused-ring (bicyclic) bond motifs is 3. The van der Waals surface area contributed by atoms with Gasteiger partial charge in [-0.25, -0.2) is 4.79 Å². The van der Waals surface area contributed by atoms with Crippen molar-refractivity contribution in [1.29, 1.82) is 5.26 Å². The Kier molecular flexibility index (Phi) is 4.76. The van der Waals surface area contributed by atoms with Crippen LogP contribution in [0.4, 0.5) is 0 Å². The van der Waals surface area contributed by atoms with E-state index >= 15 is 0 Å². The lowest BCUT2D eigenvalue weighted by molar-refractivity contribution is 0.0500. The minimum atomic E-state index is -0.341. The fraction of sp³-hybridized carbons (Fsp3) is 0.190. The van der Waals surface area contributed by atoms with Gasteiger partial charge in [0.1, 0.15) is 11.8 Å². The number of allylic oxidation sites excluding steroid dienone is 1. The lowest BCUT2D eigenvalue weighted by atomic mass is 9.99. The van der Waals surface area contributed by atoms with E-state index in [9.17, 15) is 10.1 Å². The number of hydrogen-bond acceptors (Lipinski definition) is 4. The molecule has 25 heavy (non-hydrogen) atoms. The second-order valence-electron chi connectivity index (χ2n) is 5.76. The second-order valence-corrected chi connectivity index (χ2v) is 5.76. The predicted octanol–water partition coefficient (Wildman–Crippen LogP) is 4.61. The smallest absolute Gasteiger partial charge is 0.338 e. The zero-order valence-corrected chi connectivity index (χ0v) is 14.1. The maximum Gasteiger partial charge on any atom is 0.338 e. The van der Waals surface area contributed by atoms with Crippen LogP contribution in [0.5, 0.6) is 0 Å². The Morgan fingerprint density at radius 1 is 1.16 bits per heavy atom. The number of rotatable bonds is 5. The number of aliphatic imine (C=N–C) groups is 1. The van der Waals surface area contributed by atoms with Crippen molar-refractivity contribution < 1.29 is 9.53 Å². The van der Waals surface area contributed by atoms with Crippen molar-refractivity contribution in [3.8, 4) is 17.2 Å². The van der Waals surface area contributed by atoms with Gasteiger partial charge in [0.2, 0.25) is 0 Å². The molecule has 0 aromatic heterocycles. The molecule has 4 nitrogen and oxygen atoms in total. The monoisotopic (exact) mass is 330 g/mol. The number of nitriles is 1. The molecule has 0 amide bonds. The van der Waals surface area contributed by atoms with Crippen molar-refractivity contribution in [3.63, 3.8) is 0 Å². The van der Waals surface area contributed by atoms with Gasteiger partial charge >= 0.3 is 5.97 Å². The Morgan fingerprint density at radius 3 is 2.56 bits per heavy atom. The van der Waals surface area contributed by atoms with Gasteiger partial charge < -0.3 is 4.74 Å². The van der Waals surface area contributed by atoms with Crippen LogP contribution in [0.15, 0.2) is 53.2 Å². The summed E-state index contributed by atoms with van der Waals surface area (Å²) in [7, 11) is 0. The quantitative estimate of drug-likeness (QED) is 0.297. The first-order chi connectivity index (χ1) is 12.2. The molecule has 0 spiro atoms. The maximum atomic E-state index is 12.6. The molecule has 0 N–H and O–H groups in total. The van der Waals surface area contributed by atoms with Gasteiger partial charge in [-0.3, -0.25) is 4.99 Å². The largest absolute Gasteiger partial charge is 0.462 e. The summed E-state index contributed by atoms with van der Waals surface area (Å²) in [6.07, 6.45) is 1.80. The van der Waals surface area contributed by atoms with E-state index < -0.39 is 0 Å². The zero-order chi connectivity index (χ0) is 17.8. The van der Waals surface area contributed by atoms with Crippen molar-refractivity contribution in [1.82, 2.24) is 0 Å². The minimum Gasteiger partial charge on any atom is -0.462 e. The van der Waals surface area contributed by atoms with Crippen LogP contribution < -0.4 is 0 Å². The molecular formula is C21H18N2O2. The number of carbonyl (C=O) groups excluding carboxylic acids is 1. The third kappa shape index (κ3) is 2.85. The van der Waals surface area contributed by atoms with E-state index in [0.717, 1.165) is 35.1 Å². The lowest BCUT2D eigenvalue weighted by Gasteiger charge is -2.09. The van der Waals surface area contributed by atoms with Crippen LogP contribution in [-0.4, -0.2) is 19.3 Å². The number of esters is 1. The Balaban J connectivity index is 2.20. The van der Waals surface area contributed by atoms with Crippen LogP contribution in [0.2, 0.25) is 0 Å². The van der Waals surface area contributed by atoms with Gasteiger partial charge in [0.15, 0.2) is 0 Å². The molecule has 2 aromatic rings. The average molecular weight is 330 g/mol. The first-order valence-corrected chi connectivity index (χ1v) is 8.24. The van der Waals surface area contributed by atoms with Gasteiger partial charge in [-0.2, -0.15) is 5.26 Å². The number of ether oxygens (including phenoxy) is 1. The van der Waals surface area contributed by atoms with E-state index in [1.807, 2.05) is 37.3 Å². The molecule has 0 unspecified atom stereocenters. The summed E-state index contributed by atoms with van der Waals surface area (Å²) in [5.74, 6) is -0.341. The predicted molar refractivity (Wildman–Crippen MR) is 98.3 cm³/mol. The van der Waals surface area contributed by atoms with E-state index in [-0.39, 0.29) is 11.7 Å². The fourth-order valence-corrected chi connectivity index (χ4v) is 3.10. The number of hydrogen-bond donors (Lipinski definition) is 0. The summed E-state index contributed by atoms with van der Waals surface area (Å²) in [6.45, 7) is 5.96. The van der Waals surface area contributed by atoms with E-state index in [1.165, 1.54) is 0 Å². The highest BCUT2D eigenvalue weighted by Crippen LogP contribution is 2.47. The third-order valence-electron chi connectivity index (χ3n) is 4.25. The number of unbranched alkanes of at least 4 members (excludes halogenated alkanes) is 1. The summed E-state index contributed by atoms with van der Waals surface area (Å²) < 4.78 is 5.40. The van der Waals surface area contributed by atoms with Crippen LogP contribution in [0, 0.1) is 11.3 Å². The first kappa shape index (κ1) is 16.7. The van der Waals surface area contributed by atoms with Gasteiger partial charge in [-0.05, 0) is 35.9 Å². The molecular weight excluding hydrogens is 312 g/mol. The summed E-state index contributed by atoms with van der Waals surface area (Å²) in [5.41, 5.74) is 4.88. The Morgan fingerprint density at radius 2 is 1.88 bits per heavy atom. The summed E-state index contributed by atoms with van der Waals surface area (Å²) in [6, 6.07) is 15.3. The normalized spacial score (nSPS) is 13.4. The van der Waals surface area contributed by atoms with Crippen LogP contribution in [0.3, 0.4) is 0 Å². The van der Waals surface area contributed by atoms with Crippen LogP contribution >= 0.6 is 0 Å². The summed E-state index contributed by atoms with van der Waals surface area (Å²) >= 11 is 0. The van der Waals surface area contributed by atoms with E-state index in [0.29, 0.717) is 17.7 Å². The van der Waals surface area contributed by atoms with Crippen molar-refractivity contribution in [2.45, 2.75) is 19.8 Å².